The zero-order chi connectivity index (χ0) is 26.7. The molecule has 1 aromatic heterocycles. The van der Waals surface area contributed by atoms with Crippen LogP contribution in [0.2, 0.25) is 0 Å². The van der Waals surface area contributed by atoms with Gasteiger partial charge in [-0.05, 0) is 60.6 Å². The quantitative estimate of drug-likeness (QED) is 0.361. The van der Waals surface area contributed by atoms with Gasteiger partial charge in [-0.2, -0.15) is 26.3 Å². The number of hydrogen-bond donors (Lipinski definition) is 1. The molecule has 1 aliphatic heterocycles. The number of hydrogen-bond acceptors (Lipinski definition) is 3. The number of carbonyl (C=O) groups is 1. The van der Waals surface area contributed by atoms with Crippen molar-refractivity contribution in [3.8, 4) is 11.8 Å². The number of piperidine rings is 1. The maximum absolute atomic E-state index is 13.1. The van der Waals surface area contributed by atoms with Crippen molar-refractivity contribution in [2.75, 3.05) is 6.54 Å². The summed E-state index contributed by atoms with van der Waals surface area (Å²) in [7, 11) is 0. The third-order valence-corrected chi connectivity index (χ3v) is 5.99. The molecule has 1 fully saturated rings. The second kappa shape index (κ2) is 10.7. The number of rotatable bonds is 5. The molecule has 4 nitrogen and oxygen atoms in total. The molecule has 36 heavy (non-hydrogen) atoms. The number of allylic oxidation sites excluding steroid dienone is 1. The van der Waals surface area contributed by atoms with Crippen LogP contribution in [0, 0.1) is 17.8 Å². The second-order valence-corrected chi connectivity index (χ2v) is 8.79. The van der Waals surface area contributed by atoms with Crippen LogP contribution in [-0.4, -0.2) is 27.5 Å². The summed E-state index contributed by atoms with van der Waals surface area (Å²) in [5, 5.41) is 9.27. The van der Waals surface area contributed by atoms with E-state index in [-0.39, 0.29) is 12.3 Å². The lowest BCUT2D eigenvalue weighted by Crippen LogP contribution is -2.39. The number of benzene rings is 1. The first-order valence-electron chi connectivity index (χ1n) is 11.1. The molecule has 3 atom stereocenters. The summed E-state index contributed by atoms with van der Waals surface area (Å²) < 4.78 is 78.4. The summed E-state index contributed by atoms with van der Waals surface area (Å²) in [4.78, 5) is 16.7. The van der Waals surface area contributed by atoms with Crippen molar-refractivity contribution in [3.05, 3.63) is 77.1 Å². The summed E-state index contributed by atoms with van der Waals surface area (Å²) >= 11 is 0. The van der Waals surface area contributed by atoms with Crippen molar-refractivity contribution in [2.45, 2.75) is 50.6 Å². The average Bonchev–Trinajstić information content (AvgIpc) is 2.78. The number of nitrogens with zero attached hydrogens (tertiary/aromatic N) is 2. The Bertz CT molecular complexity index is 1140. The minimum Gasteiger partial charge on any atom is -0.481 e. The first kappa shape index (κ1) is 27.3. The summed E-state index contributed by atoms with van der Waals surface area (Å²) in [6.07, 6.45) is -7.34. The fourth-order valence-corrected chi connectivity index (χ4v) is 4.30. The molecule has 2 heterocycles. The third kappa shape index (κ3) is 6.88. The first-order valence-corrected chi connectivity index (χ1v) is 11.1. The van der Waals surface area contributed by atoms with Crippen molar-refractivity contribution < 1.29 is 36.2 Å². The predicted octanol–water partition coefficient (Wildman–Crippen LogP) is 6.67. The van der Waals surface area contributed by atoms with Crippen LogP contribution < -0.4 is 0 Å². The van der Waals surface area contributed by atoms with E-state index in [4.69, 9.17) is 0 Å². The number of likely N-dealkylation sites (tertiary alicyclic amines) is 1. The largest absolute Gasteiger partial charge is 0.481 e. The zero-order valence-electron chi connectivity index (χ0n) is 19.3. The van der Waals surface area contributed by atoms with E-state index < -0.39 is 41.7 Å². The Morgan fingerprint density at radius 2 is 1.81 bits per heavy atom. The van der Waals surface area contributed by atoms with Crippen molar-refractivity contribution in [2.24, 2.45) is 5.92 Å². The Labute approximate surface area is 204 Å². The van der Waals surface area contributed by atoms with E-state index in [9.17, 15) is 36.2 Å². The molecule has 1 aromatic carbocycles. The van der Waals surface area contributed by atoms with Crippen molar-refractivity contribution in [1.29, 1.82) is 0 Å². The van der Waals surface area contributed by atoms with Crippen LogP contribution in [0.3, 0.4) is 0 Å². The van der Waals surface area contributed by atoms with Crippen LogP contribution >= 0.6 is 0 Å². The highest BCUT2D eigenvalue weighted by molar-refractivity contribution is 5.67. The lowest BCUT2D eigenvalue weighted by molar-refractivity contribution is -0.141. The topological polar surface area (TPSA) is 53.4 Å². The van der Waals surface area contributed by atoms with E-state index in [0.29, 0.717) is 36.1 Å². The van der Waals surface area contributed by atoms with E-state index in [1.54, 1.807) is 6.92 Å². The van der Waals surface area contributed by atoms with Gasteiger partial charge in [0.05, 0.1) is 11.6 Å². The fourth-order valence-electron chi connectivity index (χ4n) is 4.30. The van der Waals surface area contributed by atoms with Crippen LogP contribution in [0.15, 0.2) is 54.7 Å². The van der Waals surface area contributed by atoms with E-state index in [0.717, 1.165) is 24.4 Å². The van der Waals surface area contributed by atoms with Gasteiger partial charge in [-0.15, -0.1) is 0 Å². The van der Waals surface area contributed by atoms with Crippen LogP contribution in [0.1, 0.15) is 60.7 Å². The Balaban J connectivity index is 2.04. The monoisotopic (exact) mass is 510 g/mol. The molecular formula is C26H24F6N2O2. The lowest BCUT2D eigenvalue weighted by atomic mass is 9.83. The van der Waals surface area contributed by atoms with Gasteiger partial charge in [-0.25, -0.2) is 0 Å². The number of pyridine rings is 1. The van der Waals surface area contributed by atoms with Crippen LogP contribution in [0.4, 0.5) is 26.3 Å². The summed E-state index contributed by atoms with van der Waals surface area (Å²) in [6, 6.07) is 5.49. The number of alkyl halides is 6. The summed E-state index contributed by atoms with van der Waals surface area (Å²) in [6.45, 7) is 5.74. The zero-order valence-corrected chi connectivity index (χ0v) is 19.3. The number of aliphatic carboxylic acids is 1. The van der Waals surface area contributed by atoms with Crippen LogP contribution in [-0.2, 0) is 17.1 Å². The number of carboxylic acids is 1. The van der Waals surface area contributed by atoms with Gasteiger partial charge in [-0.3, -0.25) is 14.7 Å². The molecule has 0 aliphatic carbocycles. The number of carboxylic acid groups (broad SMARTS) is 1. The minimum atomic E-state index is -4.62. The Morgan fingerprint density at radius 3 is 2.31 bits per heavy atom. The SMILES string of the molecule is C=C(C)C#C[C@@H](c1ccc(C(F)(F)F)nc1)N1CC[C@@H](CC(=O)O)C[C@H]1c1ccc(C(F)(F)F)cc1. The molecule has 3 rings (SSSR count). The molecule has 2 aromatic rings. The van der Waals surface area contributed by atoms with Gasteiger partial charge < -0.3 is 5.11 Å². The van der Waals surface area contributed by atoms with Gasteiger partial charge >= 0.3 is 18.3 Å². The lowest BCUT2D eigenvalue weighted by Gasteiger charge is -2.42. The molecule has 0 amide bonds. The van der Waals surface area contributed by atoms with Gasteiger partial charge in [0.2, 0.25) is 0 Å². The van der Waals surface area contributed by atoms with Gasteiger partial charge in [0.25, 0.3) is 0 Å². The maximum Gasteiger partial charge on any atom is 0.433 e. The van der Waals surface area contributed by atoms with Crippen molar-refractivity contribution in [1.82, 2.24) is 9.88 Å². The molecule has 192 valence electrons. The molecule has 0 spiro atoms. The number of halogens is 6. The van der Waals surface area contributed by atoms with Gasteiger partial charge in [0.15, 0.2) is 0 Å². The fraction of sp³-hybridized carbons (Fsp3) is 0.385. The average molecular weight is 510 g/mol. The maximum atomic E-state index is 13.1. The normalized spacial score (nSPS) is 19.8. The molecule has 0 unspecified atom stereocenters. The van der Waals surface area contributed by atoms with E-state index in [1.807, 2.05) is 4.90 Å². The molecule has 10 heteroatoms. The third-order valence-electron chi connectivity index (χ3n) is 5.99. The van der Waals surface area contributed by atoms with E-state index in [1.165, 1.54) is 18.2 Å². The summed E-state index contributed by atoms with van der Waals surface area (Å²) in [5.74, 6) is 4.65. The number of aromatic nitrogens is 1. The molecule has 1 aliphatic rings. The van der Waals surface area contributed by atoms with Crippen LogP contribution in [0.25, 0.3) is 0 Å². The van der Waals surface area contributed by atoms with E-state index >= 15 is 0 Å². The van der Waals surface area contributed by atoms with Gasteiger partial charge in [-0.1, -0.05) is 36.6 Å². The Kier molecular flexibility index (Phi) is 8.14. The minimum absolute atomic E-state index is 0.102. The highest BCUT2D eigenvalue weighted by atomic mass is 19.4. The molecule has 1 N–H and O–H groups in total. The van der Waals surface area contributed by atoms with Gasteiger partial charge in [0, 0.05) is 25.2 Å². The molecule has 0 radical (unpaired) electrons. The molecule has 0 bridgehead atoms. The predicted molar refractivity (Wildman–Crippen MR) is 120 cm³/mol. The van der Waals surface area contributed by atoms with E-state index in [2.05, 4.69) is 23.4 Å². The molecule has 0 saturated carbocycles. The Morgan fingerprint density at radius 1 is 1.14 bits per heavy atom. The standard InChI is InChI=1S/C26H24F6N2O2/c1-16(2)3-9-21(19-6-10-23(33-15-19)26(30,31)32)34-12-11-17(14-24(35)36)13-22(34)18-4-7-20(8-5-18)25(27,28)29/h4-8,10,15,17,21-22H,1,11-14H2,2H3,(H,35,36)/t17-,21+,22+/m1/s1. The smallest absolute Gasteiger partial charge is 0.433 e. The van der Waals surface area contributed by atoms with Gasteiger partial charge in [0.1, 0.15) is 5.69 Å². The second-order valence-electron chi connectivity index (χ2n) is 8.79. The Hall–Kier alpha value is -3.32. The molecule has 1 saturated heterocycles. The first-order chi connectivity index (χ1) is 16.8. The summed E-state index contributed by atoms with van der Waals surface area (Å²) in [5.41, 5.74) is -0.448. The highest BCUT2D eigenvalue weighted by Crippen LogP contribution is 2.42. The van der Waals surface area contributed by atoms with Crippen molar-refractivity contribution in [3.63, 3.8) is 0 Å². The van der Waals surface area contributed by atoms with Crippen LogP contribution in [0.5, 0.6) is 0 Å². The van der Waals surface area contributed by atoms with Crippen molar-refractivity contribution >= 4 is 5.97 Å². The highest BCUT2D eigenvalue weighted by Gasteiger charge is 2.37. The molecular weight excluding hydrogens is 486 g/mol.